The molecule has 120 valence electrons. The van der Waals surface area contributed by atoms with E-state index in [1.807, 2.05) is 19.1 Å². The standard InChI is InChI=1S/C17H14N4O2S/c1-12-16(17(21-20-12)14-7-9-19-10-8-14)6-5-13-3-2-4-15(11-13)24(18,22)23/h2-4,7-11H,1H3,(H,20,21)(H2,18,22,23). The fourth-order valence-corrected chi connectivity index (χ4v) is 2.75. The Balaban J connectivity index is 2.03. The van der Waals surface area contributed by atoms with Gasteiger partial charge in [-0.15, -0.1) is 0 Å². The van der Waals surface area contributed by atoms with Crippen LogP contribution in [0.5, 0.6) is 0 Å². The van der Waals surface area contributed by atoms with Crippen LogP contribution in [-0.4, -0.2) is 23.6 Å². The van der Waals surface area contributed by atoms with Gasteiger partial charge >= 0.3 is 0 Å². The molecule has 0 aliphatic rings. The van der Waals surface area contributed by atoms with Gasteiger partial charge in [0, 0.05) is 29.2 Å². The first-order valence-corrected chi connectivity index (χ1v) is 8.60. The van der Waals surface area contributed by atoms with Crippen LogP contribution in [0.2, 0.25) is 0 Å². The lowest BCUT2D eigenvalue weighted by Gasteiger charge is -1.98. The first kappa shape index (κ1) is 15.9. The lowest BCUT2D eigenvalue weighted by Crippen LogP contribution is -2.11. The van der Waals surface area contributed by atoms with E-state index in [4.69, 9.17) is 5.14 Å². The van der Waals surface area contributed by atoms with Gasteiger partial charge in [-0.2, -0.15) is 5.10 Å². The van der Waals surface area contributed by atoms with Crippen LogP contribution in [0.3, 0.4) is 0 Å². The van der Waals surface area contributed by atoms with Crippen LogP contribution in [0, 0.1) is 18.8 Å². The predicted octanol–water partition coefficient (Wildman–Crippen LogP) is 1.83. The van der Waals surface area contributed by atoms with Gasteiger partial charge < -0.3 is 0 Å². The Morgan fingerprint density at radius 1 is 1.12 bits per heavy atom. The van der Waals surface area contributed by atoms with Crippen LogP contribution in [0.25, 0.3) is 11.3 Å². The topological polar surface area (TPSA) is 102 Å². The third-order valence-electron chi connectivity index (χ3n) is 3.40. The van der Waals surface area contributed by atoms with Gasteiger partial charge in [0.25, 0.3) is 0 Å². The number of hydrogen-bond donors (Lipinski definition) is 2. The molecule has 0 atom stereocenters. The van der Waals surface area contributed by atoms with Gasteiger partial charge in [-0.1, -0.05) is 17.9 Å². The van der Waals surface area contributed by atoms with Gasteiger partial charge in [-0.05, 0) is 37.3 Å². The van der Waals surface area contributed by atoms with Gasteiger partial charge in [0.2, 0.25) is 10.0 Å². The van der Waals surface area contributed by atoms with Crippen molar-refractivity contribution in [3.05, 3.63) is 65.6 Å². The van der Waals surface area contributed by atoms with Crippen molar-refractivity contribution in [1.29, 1.82) is 0 Å². The zero-order chi connectivity index (χ0) is 17.2. The molecule has 0 saturated carbocycles. The lowest BCUT2D eigenvalue weighted by atomic mass is 10.1. The van der Waals surface area contributed by atoms with Crippen molar-refractivity contribution < 1.29 is 8.42 Å². The summed E-state index contributed by atoms with van der Waals surface area (Å²) >= 11 is 0. The number of benzene rings is 1. The summed E-state index contributed by atoms with van der Waals surface area (Å²) in [6, 6.07) is 9.92. The molecule has 0 radical (unpaired) electrons. The molecule has 0 spiro atoms. The Morgan fingerprint density at radius 3 is 2.58 bits per heavy atom. The minimum Gasteiger partial charge on any atom is -0.281 e. The number of H-pyrrole nitrogens is 1. The molecule has 7 heteroatoms. The first-order valence-electron chi connectivity index (χ1n) is 7.05. The molecule has 0 fully saturated rings. The predicted molar refractivity (Wildman–Crippen MR) is 90.4 cm³/mol. The molecule has 6 nitrogen and oxygen atoms in total. The van der Waals surface area contributed by atoms with Crippen molar-refractivity contribution in [3.8, 4) is 23.1 Å². The van der Waals surface area contributed by atoms with Crippen molar-refractivity contribution in [3.63, 3.8) is 0 Å². The minimum absolute atomic E-state index is 0.0348. The molecule has 2 aromatic heterocycles. The van der Waals surface area contributed by atoms with Crippen LogP contribution in [0.15, 0.2) is 53.7 Å². The molecule has 0 aliphatic heterocycles. The van der Waals surface area contributed by atoms with Crippen molar-refractivity contribution in [1.82, 2.24) is 15.2 Å². The third kappa shape index (κ3) is 3.35. The van der Waals surface area contributed by atoms with E-state index in [0.717, 1.165) is 22.5 Å². The summed E-state index contributed by atoms with van der Waals surface area (Å²) in [4.78, 5) is 4.03. The van der Waals surface area contributed by atoms with Gasteiger partial charge in [-0.3, -0.25) is 10.1 Å². The second-order valence-corrected chi connectivity index (χ2v) is 6.69. The third-order valence-corrected chi connectivity index (χ3v) is 4.31. The SMILES string of the molecule is Cc1[nH]nc(-c2ccncc2)c1C#Cc1cccc(S(N)(=O)=O)c1. The maximum absolute atomic E-state index is 11.4. The molecule has 2 heterocycles. The second kappa shape index (κ2) is 6.28. The van der Waals surface area contributed by atoms with E-state index in [0.29, 0.717) is 5.56 Å². The number of rotatable bonds is 2. The van der Waals surface area contributed by atoms with E-state index in [1.165, 1.54) is 12.1 Å². The molecule has 0 aliphatic carbocycles. The van der Waals surface area contributed by atoms with Gasteiger partial charge in [-0.25, -0.2) is 13.6 Å². The Labute approximate surface area is 139 Å². The van der Waals surface area contributed by atoms with Crippen LogP contribution >= 0.6 is 0 Å². The van der Waals surface area contributed by atoms with Crippen molar-refractivity contribution in [2.24, 2.45) is 5.14 Å². The van der Waals surface area contributed by atoms with Crippen LogP contribution in [0.1, 0.15) is 16.8 Å². The van der Waals surface area contributed by atoms with E-state index in [-0.39, 0.29) is 4.90 Å². The van der Waals surface area contributed by atoms with Crippen molar-refractivity contribution in [2.45, 2.75) is 11.8 Å². The molecular weight excluding hydrogens is 324 g/mol. The summed E-state index contributed by atoms with van der Waals surface area (Å²) < 4.78 is 22.8. The van der Waals surface area contributed by atoms with Crippen molar-refractivity contribution in [2.75, 3.05) is 0 Å². The second-order valence-electron chi connectivity index (χ2n) is 5.13. The summed E-state index contributed by atoms with van der Waals surface area (Å²) in [6.45, 7) is 1.88. The van der Waals surface area contributed by atoms with E-state index < -0.39 is 10.0 Å². The summed E-state index contributed by atoms with van der Waals surface area (Å²) in [5.41, 5.74) is 3.77. The fraction of sp³-hybridized carbons (Fsp3) is 0.0588. The van der Waals surface area contributed by atoms with E-state index in [9.17, 15) is 8.42 Å². The number of nitrogens with two attached hydrogens (primary N) is 1. The highest BCUT2D eigenvalue weighted by atomic mass is 32.2. The number of hydrogen-bond acceptors (Lipinski definition) is 4. The molecule has 0 unspecified atom stereocenters. The number of nitrogens with zero attached hydrogens (tertiary/aromatic N) is 2. The Kier molecular flexibility index (Phi) is 4.16. The highest BCUT2D eigenvalue weighted by Crippen LogP contribution is 2.22. The molecule has 24 heavy (non-hydrogen) atoms. The smallest absolute Gasteiger partial charge is 0.238 e. The number of nitrogens with one attached hydrogen (secondary N) is 1. The summed E-state index contributed by atoms with van der Waals surface area (Å²) in [5.74, 6) is 6.02. The largest absolute Gasteiger partial charge is 0.281 e. The van der Waals surface area contributed by atoms with Crippen LogP contribution in [0.4, 0.5) is 0 Å². The monoisotopic (exact) mass is 338 g/mol. The molecule has 1 aromatic carbocycles. The van der Waals surface area contributed by atoms with Crippen LogP contribution in [-0.2, 0) is 10.0 Å². The molecular formula is C17H14N4O2S. The average molecular weight is 338 g/mol. The van der Waals surface area contributed by atoms with Crippen molar-refractivity contribution >= 4 is 10.0 Å². The van der Waals surface area contributed by atoms with Crippen LogP contribution < -0.4 is 5.14 Å². The zero-order valence-electron chi connectivity index (χ0n) is 12.8. The number of primary sulfonamides is 1. The highest BCUT2D eigenvalue weighted by molar-refractivity contribution is 7.89. The minimum atomic E-state index is -3.75. The highest BCUT2D eigenvalue weighted by Gasteiger charge is 2.10. The lowest BCUT2D eigenvalue weighted by molar-refractivity contribution is 0.598. The molecule has 3 rings (SSSR count). The maximum atomic E-state index is 11.4. The van der Waals surface area contributed by atoms with Gasteiger partial charge in [0.1, 0.15) is 5.69 Å². The Bertz CT molecular complexity index is 1040. The average Bonchev–Trinajstić information content (AvgIpc) is 2.94. The molecule has 0 saturated heterocycles. The van der Waals surface area contributed by atoms with Gasteiger partial charge in [0.05, 0.1) is 10.5 Å². The quantitative estimate of drug-likeness (QED) is 0.696. The number of aromatic nitrogens is 3. The number of pyridine rings is 1. The zero-order valence-corrected chi connectivity index (χ0v) is 13.6. The molecule has 3 N–H and O–H groups in total. The normalized spacial score (nSPS) is 10.9. The first-order chi connectivity index (χ1) is 11.4. The Morgan fingerprint density at radius 2 is 1.88 bits per heavy atom. The number of aromatic amines is 1. The van der Waals surface area contributed by atoms with E-state index in [2.05, 4.69) is 27.0 Å². The van der Waals surface area contributed by atoms with Gasteiger partial charge in [0.15, 0.2) is 0 Å². The number of sulfonamides is 1. The summed E-state index contributed by atoms with van der Waals surface area (Å²) in [7, 11) is -3.75. The number of aryl methyl sites for hydroxylation is 1. The molecule has 3 aromatic rings. The molecule has 0 amide bonds. The molecule has 0 bridgehead atoms. The summed E-state index contributed by atoms with van der Waals surface area (Å²) in [6.07, 6.45) is 3.37. The van der Waals surface area contributed by atoms with E-state index >= 15 is 0 Å². The Hall–Kier alpha value is -2.95. The summed E-state index contributed by atoms with van der Waals surface area (Å²) in [5, 5.41) is 12.3. The maximum Gasteiger partial charge on any atom is 0.238 e. The fourth-order valence-electron chi connectivity index (χ4n) is 2.19. The van der Waals surface area contributed by atoms with E-state index in [1.54, 1.807) is 24.5 Å².